The maximum Gasteiger partial charge on any atom is 0.256 e. The van der Waals surface area contributed by atoms with Crippen molar-refractivity contribution in [2.45, 2.75) is 0 Å². The Balaban J connectivity index is 1.57. The van der Waals surface area contributed by atoms with E-state index in [1.165, 1.54) is 14.2 Å². The largest absolute Gasteiger partial charge is 0.495 e. The smallest absolute Gasteiger partial charge is 0.256 e. The fraction of sp³-hybridized carbons (Fsp3) is 0.391. The molecule has 2 heterocycles. The lowest BCUT2D eigenvalue weighted by Gasteiger charge is -2.32. The highest BCUT2D eigenvalue weighted by molar-refractivity contribution is 6.06. The van der Waals surface area contributed by atoms with Gasteiger partial charge in [-0.15, -0.1) is 0 Å². The fourth-order valence-corrected chi connectivity index (χ4v) is 3.73. The zero-order valence-corrected chi connectivity index (χ0v) is 18.5. The van der Waals surface area contributed by atoms with Crippen molar-refractivity contribution < 1.29 is 28.5 Å². The second-order valence-corrected chi connectivity index (χ2v) is 7.67. The van der Waals surface area contributed by atoms with E-state index in [-0.39, 0.29) is 11.8 Å². The van der Waals surface area contributed by atoms with Gasteiger partial charge >= 0.3 is 0 Å². The molecule has 1 fully saturated rings. The molecule has 2 aliphatic heterocycles. The van der Waals surface area contributed by atoms with Crippen LogP contribution in [0, 0.1) is 0 Å². The number of carbonyl (C=O) groups excluding carboxylic acids is 2. The molecule has 0 bridgehead atoms. The molecule has 0 unspecified atom stereocenters. The number of nitrogens with one attached hydrogen (secondary N) is 1. The zero-order chi connectivity index (χ0) is 22.7. The number of methoxy groups -OCH3 is 2. The van der Waals surface area contributed by atoms with Crippen LogP contribution in [0.3, 0.4) is 0 Å². The minimum Gasteiger partial charge on any atom is -0.495 e. The van der Waals surface area contributed by atoms with Gasteiger partial charge in [-0.1, -0.05) is 0 Å². The van der Waals surface area contributed by atoms with E-state index in [9.17, 15) is 9.59 Å². The topological polar surface area (TPSA) is 89.6 Å². The van der Waals surface area contributed by atoms with Gasteiger partial charge in [0, 0.05) is 37.3 Å². The Morgan fingerprint density at radius 1 is 0.906 bits per heavy atom. The van der Waals surface area contributed by atoms with Crippen molar-refractivity contribution in [3.63, 3.8) is 0 Å². The molecule has 170 valence electrons. The molecule has 1 saturated heterocycles. The summed E-state index contributed by atoms with van der Waals surface area (Å²) in [6.45, 7) is 3.81. The molecule has 32 heavy (non-hydrogen) atoms. The molecule has 4 rings (SSSR count). The highest BCUT2D eigenvalue weighted by Gasteiger charge is 2.24. The van der Waals surface area contributed by atoms with Gasteiger partial charge in [0.1, 0.15) is 19.0 Å². The SMILES string of the molecule is COc1ccc(C(=O)N2CCN(C)CC2)cc1NC(=O)c1cc(OC)c2c(c1)OCCO2. The molecule has 1 N–H and O–H groups in total. The molecule has 9 nitrogen and oxygen atoms in total. The third-order valence-electron chi connectivity index (χ3n) is 5.58. The Hall–Kier alpha value is -3.46. The fourth-order valence-electron chi connectivity index (χ4n) is 3.73. The number of rotatable bonds is 5. The van der Waals surface area contributed by atoms with Gasteiger partial charge in [0.2, 0.25) is 5.75 Å². The average molecular weight is 441 g/mol. The Morgan fingerprint density at radius 2 is 1.62 bits per heavy atom. The summed E-state index contributed by atoms with van der Waals surface area (Å²) in [5.74, 6) is 1.34. The zero-order valence-electron chi connectivity index (χ0n) is 18.5. The van der Waals surface area contributed by atoms with Crippen molar-refractivity contribution in [2.24, 2.45) is 0 Å². The van der Waals surface area contributed by atoms with E-state index in [4.69, 9.17) is 18.9 Å². The van der Waals surface area contributed by atoms with Crippen LogP contribution in [0.15, 0.2) is 30.3 Å². The summed E-state index contributed by atoms with van der Waals surface area (Å²) < 4.78 is 22.0. The molecule has 2 aromatic rings. The predicted molar refractivity (Wildman–Crippen MR) is 118 cm³/mol. The van der Waals surface area contributed by atoms with E-state index >= 15 is 0 Å². The molecule has 2 aliphatic rings. The molecule has 0 aliphatic carbocycles. The second kappa shape index (κ2) is 9.35. The van der Waals surface area contributed by atoms with E-state index in [1.54, 1.807) is 30.3 Å². The van der Waals surface area contributed by atoms with Crippen LogP contribution in [-0.2, 0) is 0 Å². The van der Waals surface area contributed by atoms with Gasteiger partial charge in [-0.05, 0) is 37.4 Å². The van der Waals surface area contributed by atoms with Crippen LogP contribution < -0.4 is 24.3 Å². The van der Waals surface area contributed by atoms with Crippen LogP contribution in [0.5, 0.6) is 23.0 Å². The van der Waals surface area contributed by atoms with Crippen molar-refractivity contribution in [3.05, 3.63) is 41.5 Å². The van der Waals surface area contributed by atoms with Crippen molar-refractivity contribution >= 4 is 17.5 Å². The first kappa shape index (κ1) is 21.8. The Labute approximate surface area is 186 Å². The highest BCUT2D eigenvalue weighted by Crippen LogP contribution is 2.40. The predicted octanol–water partition coefficient (Wildman–Crippen LogP) is 2.11. The van der Waals surface area contributed by atoms with Crippen LogP contribution in [-0.4, -0.2) is 82.3 Å². The minimum atomic E-state index is -0.386. The van der Waals surface area contributed by atoms with Crippen LogP contribution in [0.2, 0.25) is 0 Å². The lowest BCUT2D eigenvalue weighted by molar-refractivity contribution is 0.0664. The molecular formula is C23H27N3O6. The summed E-state index contributed by atoms with van der Waals surface area (Å²) in [6.07, 6.45) is 0. The van der Waals surface area contributed by atoms with Gasteiger partial charge in [0.15, 0.2) is 11.5 Å². The van der Waals surface area contributed by atoms with E-state index in [1.807, 2.05) is 11.9 Å². The first-order chi connectivity index (χ1) is 15.5. The van der Waals surface area contributed by atoms with Gasteiger partial charge in [-0.2, -0.15) is 0 Å². The standard InChI is InChI=1S/C23H27N3O6/c1-25-6-8-26(9-7-25)23(28)15-4-5-18(29-2)17(12-15)24-22(27)16-13-19(30-3)21-20(14-16)31-10-11-32-21/h4-5,12-14H,6-11H2,1-3H3,(H,24,27). The summed E-state index contributed by atoms with van der Waals surface area (Å²) in [6, 6.07) is 8.24. The van der Waals surface area contributed by atoms with Gasteiger partial charge < -0.3 is 34.1 Å². The number of carbonyl (C=O) groups is 2. The van der Waals surface area contributed by atoms with Gasteiger partial charge in [-0.25, -0.2) is 0 Å². The van der Waals surface area contributed by atoms with Gasteiger partial charge in [0.05, 0.1) is 19.9 Å². The lowest BCUT2D eigenvalue weighted by Crippen LogP contribution is -2.47. The number of piperazine rings is 1. The Kier molecular flexibility index (Phi) is 6.36. The molecule has 2 aromatic carbocycles. The number of amides is 2. The maximum absolute atomic E-state index is 13.0. The summed E-state index contributed by atoms with van der Waals surface area (Å²) in [5.41, 5.74) is 1.24. The van der Waals surface area contributed by atoms with Gasteiger partial charge in [0.25, 0.3) is 11.8 Å². The molecule has 2 amide bonds. The number of fused-ring (bicyclic) bond motifs is 1. The third kappa shape index (κ3) is 4.43. The van der Waals surface area contributed by atoms with Crippen LogP contribution in [0.4, 0.5) is 5.69 Å². The first-order valence-corrected chi connectivity index (χ1v) is 10.4. The quantitative estimate of drug-likeness (QED) is 0.760. The Bertz CT molecular complexity index is 1000. The molecule has 0 aromatic heterocycles. The van der Waals surface area contributed by atoms with Crippen molar-refractivity contribution in [3.8, 4) is 23.0 Å². The normalized spacial score (nSPS) is 15.8. The monoisotopic (exact) mass is 441 g/mol. The van der Waals surface area contributed by atoms with E-state index in [0.717, 1.165) is 13.1 Å². The van der Waals surface area contributed by atoms with Crippen molar-refractivity contribution in [1.29, 1.82) is 0 Å². The first-order valence-electron chi connectivity index (χ1n) is 10.4. The summed E-state index contributed by atoms with van der Waals surface area (Å²) >= 11 is 0. The van der Waals surface area contributed by atoms with Crippen LogP contribution >= 0.6 is 0 Å². The molecule has 0 radical (unpaired) electrons. The Morgan fingerprint density at radius 3 is 2.34 bits per heavy atom. The number of ether oxygens (including phenoxy) is 4. The number of nitrogens with zero attached hydrogens (tertiary/aromatic N) is 2. The summed E-state index contributed by atoms with van der Waals surface area (Å²) in [7, 11) is 5.06. The molecule has 0 saturated carbocycles. The number of hydrogen-bond donors (Lipinski definition) is 1. The van der Waals surface area contributed by atoms with Crippen molar-refractivity contribution in [2.75, 3.05) is 66.0 Å². The maximum atomic E-state index is 13.0. The van der Waals surface area contributed by atoms with Crippen LogP contribution in [0.1, 0.15) is 20.7 Å². The molecular weight excluding hydrogens is 414 g/mol. The number of likely N-dealkylation sites (N-methyl/N-ethyl adjacent to an activating group) is 1. The van der Waals surface area contributed by atoms with Gasteiger partial charge in [-0.3, -0.25) is 9.59 Å². The lowest BCUT2D eigenvalue weighted by atomic mass is 10.1. The summed E-state index contributed by atoms with van der Waals surface area (Å²) in [5, 5.41) is 2.85. The van der Waals surface area contributed by atoms with Crippen molar-refractivity contribution in [1.82, 2.24) is 9.80 Å². The van der Waals surface area contributed by atoms with E-state index < -0.39 is 0 Å². The van der Waals surface area contributed by atoms with E-state index in [0.29, 0.717) is 66.1 Å². The summed E-state index contributed by atoms with van der Waals surface area (Å²) in [4.78, 5) is 30.0. The van der Waals surface area contributed by atoms with Crippen LogP contribution in [0.25, 0.3) is 0 Å². The molecule has 0 spiro atoms. The average Bonchev–Trinajstić information content (AvgIpc) is 2.83. The number of hydrogen-bond acceptors (Lipinski definition) is 7. The molecule has 9 heteroatoms. The van der Waals surface area contributed by atoms with E-state index in [2.05, 4.69) is 10.2 Å². The highest BCUT2D eigenvalue weighted by atomic mass is 16.6. The number of anilines is 1. The third-order valence-corrected chi connectivity index (χ3v) is 5.58. The minimum absolute atomic E-state index is 0.0720. The number of benzene rings is 2. The molecule has 0 atom stereocenters. The second-order valence-electron chi connectivity index (χ2n) is 7.67.